The monoisotopic (exact) mass is 1850 g/mol. The number of fused-ring (bicyclic) bond motifs is 25. The van der Waals surface area contributed by atoms with Crippen molar-refractivity contribution < 1.29 is 25.5 Å². The maximum atomic E-state index is 10.8. The number of nitrogens with two attached hydrogens (primary N) is 2. The third kappa shape index (κ3) is 18.6. The van der Waals surface area contributed by atoms with E-state index in [1.54, 1.807) is 69.2 Å². The number of piperidine rings is 1. The summed E-state index contributed by atoms with van der Waals surface area (Å²) in [6.45, 7) is 34.4. The van der Waals surface area contributed by atoms with Gasteiger partial charge in [-0.2, -0.15) is 0 Å². The van der Waals surface area contributed by atoms with Crippen LogP contribution in [0.3, 0.4) is 0 Å². The molecule has 4 atom stereocenters. The predicted octanol–water partition coefficient (Wildman–Crippen LogP) is 15.9. The number of pyridine rings is 10. The molecular weight excluding hydrogens is 1730 g/mol. The number of piperazine rings is 2. The molecule has 30 heteroatoms. The second-order valence-corrected chi connectivity index (χ2v) is 40.4. The zero-order chi connectivity index (χ0) is 96.9. The Labute approximate surface area is 800 Å². The number of imidazole rings is 5. The Morgan fingerprint density at radius 1 is 0.370 bits per heavy atom. The summed E-state index contributed by atoms with van der Waals surface area (Å²) in [5.74, 6) is 4.52. The van der Waals surface area contributed by atoms with E-state index in [9.17, 15) is 25.5 Å². The van der Waals surface area contributed by atoms with Crippen molar-refractivity contribution in [2.45, 2.75) is 155 Å². The molecule has 0 unspecified atom stereocenters. The molecule has 0 amide bonds. The second-order valence-electron chi connectivity index (χ2n) is 40.4. The van der Waals surface area contributed by atoms with Crippen molar-refractivity contribution in [2.75, 3.05) is 118 Å². The molecule has 138 heavy (non-hydrogen) atoms. The van der Waals surface area contributed by atoms with Crippen LogP contribution >= 0.6 is 0 Å². The van der Waals surface area contributed by atoms with Crippen LogP contribution in [0.25, 0.3) is 139 Å². The minimum atomic E-state index is -1.01. The van der Waals surface area contributed by atoms with Gasteiger partial charge in [-0.1, -0.05) is 60.7 Å². The summed E-state index contributed by atoms with van der Waals surface area (Å²) in [5.41, 5.74) is 28.4. The fourth-order valence-corrected chi connectivity index (χ4v) is 19.3. The third-order valence-corrected chi connectivity index (χ3v) is 26.3. The van der Waals surface area contributed by atoms with Crippen molar-refractivity contribution in [3.05, 3.63) is 240 Å². The molecule has 15 aromatic heterocycles. The summed E-state index contributed by atoms with van der Waals surface area (Å²) in [4.78, 5) is 60.2. The van der Waals surface area contributed by atoms with E-state index in [1.165, 1.54) is 0 Å². The van der Waals surface area contributed by atoms with Gasteiger partial charge in [0.25, 0.3) is 0 Å². The van der Waals surface area contributed by atoms with Gasteiger partial charge in [-0.25, -0.2) is 49.8 Å². The lowest BCUT2D eigenvalue weighted by atomic mass is 9.98. The Morgan fingerprint density at radius 3 is 0.978 bits per heavy atom. The smallest absolute Gasteiger partial charge is 0.148 e. The van der Waals surface area contributed by atoms with Gasteiger partial charge in [0.1, 0.15) is 85.6 Å². The van der Waals surface area contributed by atoms with Gasteiger partial charge in [0.15, 0.2) is 0 Å². The number of nitrogens with one attached hydrogen (secondary N) is 3. The molecule has 0 aliphatic carbocycles. The SMILES string of the molecule is CC(C)(O)c1cc2ccc(N3CCC[C@H](N)C3)nc2n2c1nc1ccccc12.CN(C)CCNc1ccc2cc(C(C)(C)O)c3nc4ccccc4n3c2n1.CN1CCN(c2ccc3cc(C(C)(C)O)c4nc5ccccc5n4c3n2)CC1.C[C@@H](N)CNc1ccc2cc(C(C)(C)O)c3nc4ccccc4n3c2n1.C[C@@H]1CN(c2ccc3cc(C(C)(C)O)c4nc5ccccc5n4c3n2)C[C@H](C)N1. The first-order chi connectivity index (χ1) is 65.8. The van der Waals surface area contributed by atoms with E-state index < -0.39 is 28.0 Å². The zero-order valence-electron chi connectivity index (χ0n) is 81.5. The van der Waals surface area contributed by atoms with Gasteiger partial charge in [-0.3, -0.25) is 22.0 Å². The topological polar surface area (TPSA) is 356 Å². The molecule has 30 nitrogen and oxygen atoms in total. The highest BCUT2D eigenvalue weighted by Gasteiger charge is 2.33. The molecule has 3 aliphatic rings. The number of benzene rings is 5. The van der Waals surface area contributed by atoms with Crippen LogP contribution in [0.4, 0.5) is 29.1 Å². The molecule has 3 saturated heterocycles. The first-order valence-corrected chi connectivity index (χ1v) is 47.9. The highest BCUT2D eigenvalue weighted by molar-refractivity contribution is 5.97. The molecular formula is C108H125N25O5. The standard InChI is InChI=1S/C23H27N5O.2C22H25N5O.C21H25N5O.C20H23N5O/c1-14-12-27(13-15(2)24-14)20-10-9-16-11-17(23(3,4)29)22-25-18-7-5-6-8-19(18)28(22)21(16)26-20;1-22(2,28)16-14-15-8-9-19(26-12-10-25(3)11-13-26)24-20(15)27-18-7-5-4-6-17(18)23-21(16)27;1-22(2,28)16-12-14-9-10-19(26-11-5-6-15(23)13-26)25-20(14)27-18-8-4-3-7-17(18)24-21(16)27;1-21(2,27)15-13-14-9-10-18(22-11-12-25(3)4)24-19(14)26-17-8-6-5-7-16(17)23-20(15)26;1-12(21)11-22-17-9-8-13-10-14(20(2,3)26)19-23-15-6-4-5-7-16(15)25(19)18(13)24-17/h5-11,14-15,24,29H,12-13H2,1-4H3;4-9,14,28H,10-13H2,1-3H3;3-4,7-10,12,15,28H,5-6,11,13,23H2,1-2H3;5-10,13,27H,11-12H2,1-4H3,(H,22,24);4-10,12,26H,11,21H2,1-3H3,(H,22,24)/t14-,15+;;15-;;12-/m..0.1/s1. The molecule has 18 heterocycles. The second kappa shape index (κ2) is 36.8. The van der Waals surface area contributed by atoms with Crippen LogP contribution in [-0.4, -0.2) is 224 Å². The molecule has 0 spiro atoms. The summed E-state index contributed by atoms with van der Waals surface area (Å²) in [6, 6.07) is 71.7. The van der Waals surface area contributed by atoms with E-state index in [0.29, 0.717) is 18.6 Å². The minimum Gasteiger partial charge on any atom is -0.386 e. The lowest BCUT2D eigenvalue weighted by Gasteiger charge is -2.37. The molecule has 12 N–H and O–H groups in total. The zero-order valence-corrected chi connectivity index (χ0v) is 81.5. The van der Waals surface area contributed by atoms with E-state index in [4.69, 9.17) is 61.3 Å². The van der Waals surface area contributed by atoms with Crippen LogP contribution in [-0.2, 0) is 28.0 Å². The van der Waals surface area contributed by atoms with E-state index in [-0.39, 0.29) is 12.1 Å². The fraction of sp³-hybridized carbons (Fsp3) is 0.352. The van der Waals surface area contributed by atoms with Crippen molar-refractivity contribution in [1.29, 1.82) is 0 Å². The van der Waals surface area contributed by atoms with Gasteiger partial charge in [0, 0.05) is 151 Å². The van der Waals surface area contributed by atoms with Crippen molar-refractivity contribution >= 4 is 168 Å². The van der Waals surface area contributed by atoms with Gasteiger partial charge < -0.3 is 77.4 Å². The maximum absolute atomic E-state index is 10.8. The number of rotatable bonds is 15. The van der Waals surface area contributed by atoms with E-state index in [0.717, 1.165) is 274 Å². The lowest BCUT2D eigenvalue weighted by Crippen LogP contribution is -2.54. The molecule has 0 radical (unpaired) electrons. The normalized spacial score (nSPS) is 16.5. The first kappa shape index (κ1) is 93.5. The Kier molecular flexibility index (Phi) is 24.9. The molecule has 3 aliphatic heterocycles. The largest absolute Gasteiger partial charge is 0.386 e. The Morgan fingerprint density at radius 2 is 0.667 bits per heavy atom. The maximum Gasteiger partial charge on any atom is 0.148 e. The predicted molar refractivity (Wildman–Crippen MR) is 559 cm³/mol. The van der Waals surface area contributed by atoms with Crippen LogP contribution in [0.15, 0.2) is 212 Å². The van der Waals surface area contributed by atoms with Crippen LogP contribution < -0.4 is 42.1 Å². The number of hydrogen-bond acceptors (Lipinski definition) is 25. The van der Waals surface area contributed by atoms with Crippen LogP contribution in [0.1, 0.15) is 131 Å². The van der Waals surface area contributed by atoms with Gasteiger partial charge in [-0.05, 0) is 276 Å². The van der Waals surface area contributed by atoms with Crippen LogP contribution in [0.5, 0.6) is 0 Å². The first-order valence-electron chi connectivity index (χ1n) is 47.9. The highest BCUT2D eigenvalue weighted by atomic mass is 16.3. The quantitative estimate of drug-likeness (QED) is 0.0456. The summed E-state index contributed by atoms with van der Waals surface area (Å²) >= 11 is 0. The summed E-state index contributed by atoms with van der Waals surface area (Å²) in [5, 5.41) is 68.8. The number of para-hydroxylation sites is 10. The molecule has 712 valence electrons. The Balaban J connectivity index is 0.000000110. The molecule has 3 fully saturated rings. The van der Waals surface area contributed by atoms with Gasteiger partial charge in [0.05, 0.1) is 83.2 Å². The Hall–Kier alpha value is -13.5. The molecule has 0 bridgehead atoms. The molecule has 0 saturated carbocycles. The fourth-order valence-electron chi connectivity index (χ4n) is 19.3. The van der Waals surface area contributed by atoms with Crippen LogP contribution in [0.2, 0.25) is 0 Å². The molecule has 20 aromatic rings. The Bertz CT molecular complexity index is 7980. The summed E-state index contributed by atoms with van der Waals surface area (Å²) in [7, 11) is 6.26. The van der Waals surface area contributed by atoms with Gasteiger partial charge in [-0.15, -0.1) is 0 Å². The van der Waals surface area contributed by atoms with E-state index in [2.05, 4.69) is 142 Å². The van der Waals surface area contributed by atoms with Crippen molar-refractivity contribution in [2.24, 2.45) is 11.5 Å². The molecule has 5 aromatic carbocycles. The van der Waals surface area contributed by atoms with Crippen molar-refractivity contribution in [3.63, 3.8) is 0 Å². The van der Waals surface area contributed by atoms with E-state index in [1.807, 2.05) is 175 Å². The third-order valence-electron chi connectivity index (χ3n) is 26.3. The number of hydrogen-bond donors (Lipinski definition) is 10. The lowest BCUT2D eigenvalue weighted by molar-refractivity contribution is 0.0792. The summed E-state index contributed by atoms with van der Waals surface area (Å²) < 4.78 is 10.3. The minimum absolute atomic E-state index is 0.0409. The van der Waals surface area contributed by atoms with Gasteiger partial charge >= 0.3 is 0 Å². The highest BCUT2D eigenvalue weighted by Crippen LogP contribution is 2.40. The van der Waals surface area contributed by atoms with Crippen LogP contribution in [0, 0.1) is 0 Å². The number of likely N-dealkylation sites (N-methyl/N-ethyl adjacent to an activating group) is 2. The number of aliphatic hydroxyl groups is 5. The molecule has 23 rings (SSSR count). The van der Waals surface area contributed by atoms with E-state index >= 15 is 0 Å². The number of nitrogens with zero attached hydrogens (tertiary/aromatic N) is 20. The average molecular weight is 1850 g/mol. The number of aromatic nitrogens is 15. The van der Waals surface area contributed by atoms with Gasteiger partial charge in [0.2, 0.25) is 0 Å². The summed E-state index contributed by atoms with van der Waals surface area (Å²) in [6.07, 6.45) is 2.15. The van der Waals surface area contributed by atoms with Crippen molar-refractivity contribution in [1.82, 2.24) is 87.0 Å². The average Bonchev–Trinajstić information content (AvgIpc) is 1.56. The van der Waals surface area contributed by atoms with Crippen molar-refractivity contribution in [3.8, 4) is 0 Å². The number of anilines is 5.